The van der Waals surface area contributed by atoms with Gasteiger partial charge in [0.05, 0.1) is 11.4 Å². The predicted molar refractivity (Wildman–Crippen MR) is 99.2 cm³/mol. The number of tetrazole rings is 1. The van der Waals surface area contributed by atoms with E-state index in [1.165, 1.54) is 11.8 Å². The molecule has 1 heterocycles. The molecule has 0 N–H and O–H groups in total. The highest BCUT2D eigenvalue weighted by atomic mass is 32.2. The highest BCUT2D eigenvalue weighted by molar-refractivity contribution is 7.99. The molecular weight excluding hydrogens is 334 g/mol. The molecule has 0 unspecified atom stereocenters. The topological polar surface area (TPSA) is 63.9 Å². The Bertz CT molecular complexity index is 858. The Morgan fingerprint density at radius 3 is 2.44 bits per heavy atom. The van der Waals surface area contributed by atoms with E-state index in [1.54, 1.807) is 16.6 Å². The van der Waals surface area contributed by atoms with Gasteiger partial charge in [-0.25, -0.2) is 0 Å². The van der Waals surface area contributed by atoms with Crippen LogP contribution in [0.1, 0.15) is 11.1 Å². The van der Waals surface area contributed by atoms with Gasteiger partial charge in [0.25, 0.3) is 0 Å². The maximum atomic E-state index is 12.4. The monoisotopic (exact) mass is 353 g/mol. The van der Waals surface area contributed by atoms with Gasteiger partial charge in [-0.05, 0) is 47.5 Å². The van der Waals surface area contributed by atoms with Crippen LogP contribution in [0.15, 0.2) is 53.7 Å². The Hall–Kier alpha value is -2.67. The molecular formula is C18H19N5OS. The molecule has 0 aliphatic heterocycles. The first kappa shape index (κ1) is 17.2. The highest BCUT2D eigenvalue weighted by Gasteiger charge is 2.17. The van der Waals surface area contributed by atoms with Crippen LogP contribution in [0, 0.1) is 13.8 Å². The maximum absolute atomic E-state index is 12.4. The molecule has 0 saturated carbocycles. The zero-order chi connectivity index (χ0) is 17.8. The lowest BCUT2D eigenvalue weighted by atomic mass is 10.1. The van der Waals surface area contributed by atoms with Crippen LogP contribution in [0.4, 0.5) is 5.69 Å². The van der Waals surface area contributed by atoms with Crippen molar-refractivity contribution in [3.63, 3.8) is 0 Å². The molecule has 3 rings (SSSR count). The van der Waals surface area contributed by atoms with Crippen molar-refractivity contribution in [2.75, 3.05) is 17.7 Å². The Morgan fingerprint density at radius 2 is 1.76 bits per heavy atom. The fraction of sp³-hybridized carbons (Fsp3) is 0.222. The summed E-state index contributed by atoms with van der Waals surface area (Å²) >= 11 is 1.33. The van der Waals surface area contributed by atoms with E-state index in [9.17, 15) is 4.79 Å². The molecule has 0 spiro atoms. The zero-order valence-corrected chi connectivity index (χ0v) is 15.2. The Labute approximate surface area is 150 Å². The number of anilines is 1. The third kappa shape index (κ3) is 3.71. The Balaban J connectivity index is 1.75. The van der Waals surface area contributed by atoms with Crippen molar-refractivity contribution in [3.8, 4) is 5.69 Å². The molecule has 0 bridgehead atoms. The molecule has 7 heteroatoms. The molecule has 0 saturated heterocycles. The first-order valence-electron chi connectivity index (χ1n) is 7.87. The van der Waals surface area contributed by atoms with Crippen LogP contribution in [-0.4, -0.2) is 38.9 Å². The molecule has 6 nitrogen and oxygen atoms in total. The fourth-order valence-corrected chi connectivity index (χ4v) is 3.36. The third-order valence-corrected chi connectivity index (χ3v) is 4.84. The largest absolute Gasteiger partial charge is 0.315 e. The summed E-state index contributed by atoms with van der Waals surface area (Å²) in [6, 6.07) is 15.6. The van der Waals surface area contributed by atoms with E-state index in [1.807, 2.05) is 62.4 Å². The van der Waals surface area contributed by atoms with Crippen LogP contribution in [-0.2, 0) is 4.79 Å². The molecule has 3 aromatic rings. The fourth-order valence-electron chi connectivity index (χ4n) is 2.57. The Morgan fingerprint density at radius 1 is 1.08 bits per heavy atom. The summed E-state index contributed by atoms with van der Waals surface area (Å²) in [6.07, 6.45) is 0. The SMILES string of the molecule is Cc1cccc(C)c1-n1nnnc1SCC(=O)N(C)c1ccccc1. The summed E-state index contributed by atoms with van der Waals surface area (Å²) in [5.41, 5.74) is 3.99. The average molecular weight is 353 g/mol. The number of carbonyl (C=O) groups is 1. The van der Waals surface area contributed by atoms with Crippen molar-refractivity contribution >= 4 is 23.4 Å². The van der Waals surface area contributed by atoms with E-state index < -0.39 is 0 Å². The van der Waals surface area contributed by atoms with E-state index >= 15 is 0 Å². The summed E-state index contributed by atoms with van der Waals surface area (Å²) in [6.45, 7) is 4.04. The molecule has 1 amide bonds. The predicted octanol–water partition coefficient (Wildman–Crippen LogP) is 3.03. The number of hydrogen-bond donors (Lipinski definition) is 0. The van der Waals surface area contributed by atoms with Crippen molar-refractivity contribution in [2.24, 2.45) is 0 Å². The van der Waals surface area contributed by atoms with E-state index in [2.05, 4.69) is 15.5 Å². The van der Waals surface area contributed by atoms with Crippen molar-refractivity contribution in [1.29, 1.82) is 0 Å². The minimum atomic E-state index is -0.00717. The summed E-state index contributed by atoms with van der Waals surface area (Å²) in [5, 5.41) is 12.6. The van der Waals surface area contributed by atoms with Crippen molar-refractivity contribution in [2.45, 2.75) is 19.0 Å². The molecule has 0 aliphatic rings. The van der Waals surface area contributed by atoms with Gasteiger partial charge in [-0.2, -0.15) is 4.68 Å². The van der Waals surface area contributed by atoms with Gasteiger partial charge in [0.1, 0.15) is 0 Å². The number of para-hydroxylation sites is 2. The van der Waals surface area contributed by atoms with E-state index in [0.29, 0.717) is 5.16 Å². The van der Waals surface area contributed by atoms with Crippen molar-refractivity contribution in [1.82, 2.24) is 20.2 Å². The molecule has 0 fully saturated rings. The highest BCUT2D eigenvalue weighted by Crippen LogP contribution is 2.24. The second kappa shape index (κ2) is 7.48. The minimum absolute atomic E-state index is 0.00717. The summed E-state index contributed by atoms with van der Waals surface area (Å²) in [4.78, 5) is 14.1. The summed E-state index contributed by atoms with van der Waals surface area (Å²) in [5.74, 6) is 0.253. The number of rotatable bonds is 5. The van der Waals surface area contributed by atoms with Crippen LogP contribution >= 0.6 is 11.8 Å². The summed E-state index contributed by atoms with van der Waals surface area (Å²) in [7, 11) is 1.77. The van der Waals surface area contributed by atoms with E-state index in [4.69, 9.17) is 0 Å². The molecule has 0 atom stereocenters. The van der Waals surface area contributed by atoms with Gasteiger partial charge >= 0.3 is 0 Å². The second-order valence-corrected chi connectivity index (χ2v) is 6.63. The number of hydrogen-bond acceptors (Lipinski definition) is 5. The Kier molecular flexibility index (Phi) is 5.14. The molecule has 0 aliphatic carbocycles. The van der Waals surface area contributed by atoms with Crippen LogP contribution in [0.5, 0.6) is 0 Å². The van der Waals surface area contributed by atoms with Gasteiger partial charge in [-0.1, -0.05) is 48.2 Å². The first-order valence-corrected chi connectivity index (χ1v) is 8.86. The number of aromatic nitrogens is 4. The van der Waals surface area contributed by atoms with Crippen molar-refractivity contribution < 1.29 is 4.79 Å². The molecule has 2 aromatic carbocycles. The lowest BCUT2D eigenvalue weighted by Crippen LogP contribution is -2.28. The second-order valence-electron chi connectivity index (χ2n) is 5.69. The lowest BCUT2D eigenvalue weighted by molar-refractivity contribution is -0.115. The van der Waals surface area contributed by atoms with Gasteiger partial charge < -0.3 is 4.90 Å². The number of benzene rings is 2. The van der Waals surface area contributed by atoms with Crippen LogP contribution in [0.2, 0.25) is 0 Å². The molecule has 0 radical (unpaired) electrons. The van der Waals surface area contributed by atoms with E-state index in [0.717, 1.165) is 22.5 Å². The number of thioether (sulfide) groups is 1. The van der Waals surface area contributed by atoms with Crippen LogP contribution < -0.4 is 4.90 Å². The van der Waals surface area contributed by atoms with Gasteiger partial charge in [0, 0.05) is 12.7 Å². The molecule has 128 valence electrons. The third-order valence-electron chi connectivity index (χ3n) is 3.93. The molecule has 25 heavy (non-hydrogen) atoms. The standard InChI is InChI=1S/C18H19N5OS/c1-13-8-7-9-14(2)17(13)23-18(19-20-21-23)25-12-16(24)22(3)15-10-5-4-6-11-15/h4-11H,12H2,1-3H3. The van der Waals surface area contributed by atoms with Gasteiger partial charge in [0.15, 0.2) is 0 Å². The minimum Gasteiger partial charge on any atom is -0.315 e. The lowest BCUT2D eigenvalue weighted by Gasteiger charge is -2.17. The quantitative estimate of drug-likeness (QED) is 0.660. The van der Waals surface area contributed by atoms with Crippen molar-refractivity contribution in [3.05, 3.63) is 59.7 Å². The molecule has 1 aromatic heterocycles. The van der Waals surface area contributed by atoms with Gasteiger partial charge in [0.2, 0.25) is 11.1 Å². The van der Waals surface area contributed by atoms with Crippen LogP contribution in [0.25, 0.3) is 5.69 Å². The number of nitrogens with zero attached hydrogens (tertiary/aromatic N) is 5. The zero-order valence-electron chi connectivity index (χ0n) is 14.4. The van der Waals surface area contributed by atoms with E-state index in [-0.39, 0.29) is 11.7 Å². The average Bonchev–Trinajstić information content (AvgIpc) is 3.08. The van der Waals surface area contributed by atoms with Gasteiger partial charge in [-0.15, -0.1) is 5.10 Å². The number of aryl methyl sites for hydroxylation is 2. The van der Waals surface area contributed by atoms with Crippen LogP contribution in [0.3, 0.4) is 0 Å². The number of carbonyl (C=O) groups excluding carboxylic acids is 1. The summed E-state index contributed by atoms with van der Waals surface area (Å²) < 4.78 is 1.70. The smallest absolute Gasteiger partial charge is 0.237 e. The first-order chi connectivity index (χ1) is 12.1. The van der Waals surface area contributed by atoms with Gasteiger partial charge in [-0.3, -0.25) is 4.79 Å². The normalized spacial score (nSPS) is 10.7. The maximum Gasteiger partial charge on any atom is 0.237 e. The number of amides is 1.